The molecular weight excluding hydrogens is 312 g/mol. The molecule has 122 valence electrons. The van der Waals surface area contributed by atoms with E-state index in [4.69, 9.17) is 14.6 Å². The second kappa shape index (κ2) is 5.23. The topological polar surface area (TPSA) is 97.8 Å². The maximum Gasteiger partial charge on any atom is 0.311 e. The second-order valence-electron chi connectivity index (χ2n) is 5.73. The molecule has 1 saturated carbocycles. The maximum absolute atomic E-state index is 11.6. The number of nitrogens with zero attached hydrogens (tertiary/aromatic N) is 1. The number of rotatable bonds is 4. The summed E-state index contributed by atoms with van der Waals surface area (Å²) in [6.07, 6.45) is 1.22. The van der Waals surface area contributed by atoms with Crippen LogP contribution < -0.4 is 14.8 Å². The summed E-state index contributed by atoms with van der Waals surface area (Å²) < 4.78 is 11.4. The minimum absolute atomic E-state index is 0.111. The number of carbonyl (C=O) groups is 2. The zero-order valence-corrected chi connectivity index (χ0v) is 12.7. The predicted octanol–water partition coefficient (Wildman–Crippen LogP) is 1.79. The van der Waals surface area contributed by atoms with Crippen molar-refractivity contribution in [1.29, 1.82) is 0 Å². The smallest absolute Gasteiger partial charge is 0.311 e. The number of pyridine rings is 1. The fraction of sp³-hybridized carbons (Fsp3) is 0.235. The number of fused-ring (bicyclic) bond motifs is 3. The number of carbonyl (C=O) groups excluding carboxylic acids is 1. The lowest BCUT2D eigenvalue weighted by molar-refractivity contribution is -0.139. The van der Waals surface area contributed by atoms with Gasteiger partial charge in [-0.2, -0.15) is 0 Å². The second-order valence-corrected chi connectivity index (χ2v) is 5.73. The van der Waals surface area contributed by atoms with Crippen LogP contribution in [0.25, 0.3) is 0 Å². The van der Waals surface area contributed by atoms with Gasteiger partial charge in [-0.1, -0.05) is 0 Å². The molecule has 1 fully saturated rings. The summed E-state index contributed by atoms with van der Waals surface area (Å²) >= 11 is 0. The zero-order valence-electron chi connectivity index (χ0n) is 12.7. The Hall–Kier alpha value is -3.09. The van der Waals surface area contributed by atoms with Crippen molar-refractivity contribution in [2.24, 2.45) is 5.92 Å². The highest BCUT2D eigenvalue weighted by atomic mass is 16.5. The number of aromatic nitrogens is 1. The first kappa shape index (κ1) is 14.5. The number of carboxylic acids is 1. The highest BCUT2D eigenvalue weighted by molar-refractivity contribution is 5.92. The van der Waals surface area contributed by atoms with Gasteiger partial charge in [-0.25, -0.2) is 0 Å². The third kappa shape index (κ3) is 2.25. The van der Waals surface area contributed by atoms with Gasteiger partial charge in [0.2, 0.25) is 0 Å². The maximum atomic E-state index is 11.6. The SMILES string of the molecule is CNC(=O)c1cc(Oc2ccc3c(c2)[C@H]2C(C(=O)O)[C@H]2O3)ccn1. The average molecular weight is 326 g/mol. The fourth-order valence-electron chi connectivity index (χ4n) is 3.06. The molecule has 7 heteroatoms. The van der Waals surface area contributed by atoms with E-state index in [1.165, 1.54) is 13.2 Å². The van der Waals surface area contributed by atoms with Gasteiger partial charge in [0.1, 0.15) is 35.0 Å². The molecule has 2 N–H and O–H groups in total. The summed E-state index contributed by atoms with van der Waals surface area (Å²) in [5.74, 6) is 0.0102. The highest BCUT2D eigenvalue weighted by Gasteiger charge is 2.63. The van der Waals surface area contributed by atoms with Gasteiger partial charge in [0.25, 0.3) is 5.91 Å². The molecule has 1 aliphatic carbocycles. The van der Waals surface area contributed by atoms with E-state index in [1.54, 1.807) is 30.3 Å². The molecule has 1 unspecified atom stereocenters. The number of nitrogens with one attached hydrogen (secondary N) is 1. The fourth-order valence-corrected chi connectivity index (χ4v) is 3.06. The summed E-state index contributed by atoms with van der Waals surface area (Å²) in [6, 6.07) is 8.51. The molecule has 7 nitrogen and oxygen atoms in total. The summed E-state index contributed by atoms with van der Waals surface area (Å²) in [5.41, 5.74) is 1.11. The normalized spacial score (nSPS) is 22.8. The molecule has 0 radical (unpaired) electrons. The Balaban J connectivity index is 1.57. The largest absolute Gasteiger partial charge is 0.489 e. The van der Waals surface area contributed by atoms with Crippen molar-refractivity contribution in [2.45, 2.75) is 12.0 Å². The van der Waals surface area contributed by atoms with E-state index < -0.39 is 11.9 Å². The minimum Gasteiger partial charge on any atom is -0.489 e. The lowest BCUT2D eigenvalue weighted by atomic mass is 10.1. The van der Waals surface area contributed by atoms with Crippen LogP contribution in [0.15, 0.2) is 36.5 Å². The van der Waals surface area contributed by atoms with Gasteiger partial charge < -0.3 is 19.9 Å². The van der Waals surface area contributed by atoms with Crippen molar-refractivity contribution < 1.29 is 24.2 Å². The first-order chi connectivity index (χ1) is 11.6. The lowest BCUT2D eigenvalue weighted by Gasteiger charge is -2.10. The standard InChI is InChI=1S/C17H14N2O5/c1-18-16(20)11-7-9(4-5-19-11)23-8-2-3-12-10(6-8)13-14(17(21)22)15(13)24-12/h2-7,13-15H,1H3,(H,18,20)(H,21,22)/t13-,14?,15-/m0/s1. The molecule has 3 atom stereocenters. The van der Waals surface area contributed by atoms with Gasteiger partial charge in [-0.05, 0) is 24.3 Å². The lowest BCUT2D eigenvalue weighted by Crippen LogP contribution is -2.18. The van der Waals surface area contributed by atoms with Gasteiger partial charge in [0, 0.05) is 30.8 Å². The van der Waals surface area contributed by atoms with E-state index in [-0.39, 0.29) is 23.6 Å². The van der Waals surface area contributed by atoms with Crippen LogP contribution in [-0.2, 0) is 4.79 Å². The van der Waals surface area contributed by atoms with E-state index in [9.17, 15) is 9.59 Å². The van der Waals surface area contributed by atoms with Crippen molar-refractivity contribution in [1.82, 2.24) is 10.3 Å². The Bertz CT molecular complexity index is 851. The number of hydrogen-bond donors (Lipinski definition) is 2. The minimum atomic E-state index is -0.841. The average Bonchev–Trinajstić information content (AvgIpc) is 3.19. The third-order valence-electron chi connectivity index (χ3n) is 4.27. The van der Waals surface area contributed by atoms with E-state index in [0.717, 1.165) is 5.56 Å². The summed E-state index contributed by atoms with van der Waals surface area (Å²) in [6.45, 7) is 0. The number of ether oxygens (including phenoxy) is 2. The van der Waals surface area contributed by atoms with Gasteiger partial charge in [-0.15, -0.1) is 0 Å². The van der Waals surface area contributed by atoms with Crippen molar-refractivity contribution >= 4 is 11.9 Å². The van der Waals surface area contributed by atoms with Crippen LogP contribution in [0, 0.1) is 5.92 Å². The molecule has 1 amide bonds. The number of hydrogen-bond acceptors (Lipinski definition) is 5. The summed E-state index contributed by atoms with van der Waals surface area (Å²) in [5, 5.41) is 11.6. The van der Waals surface area contributed by atoms with Gasteiger partial charge >= 0.3 is 5.97 Å². The number of carboxylic acid groups (broad SMARTS) is 1. The predicted molar refractivity (Wildman–Crippen MR) is 82.4 cm³/mol. The Morgan fingerprint density at radius 1 is 1.25 bits per heavy atom. The Morgan fingerprint density at radius 3 is 2.79 bits per heavy atom. The molecule has 0 saturated heterocycles. The van der Waals surface area contributed by atoms with Crippen molar-refractivity contribution in [2.75, 3.05) is 7.05 Å². The van der Waals surface area contributed by atoms with E-state index >= 15 is 0 Å². The molecule has 0 spiro atoms. The highest BCUT2D eigenvalue weighted by Crippen LogP contribution is 2.58. The first-order valence-electron chi connectivity index (χ1n) is 7.48. The third-order valence-corrected chi connectivity index (χ3v) is 4.27. The van der Waals surface area contributed by atoms with Crippen LogP contribution in [0.3, 0.4) is 0 Å². The van der Waals surface area contributed by atoms with Gasteiger partial charge in [0.15, 0.2) is 0 Å². The molecule has 1 aromatic carbocycles. The molecule has 1 aromatic heterocycles. The summed E-state index contributed by atoms with van der Waals surface area (Å²) in [4.78, 5) is 26.7. The molecule has 24 heavy (non-hydrogen) atoms. The Kier molecular flexibility index (Phi) is 3.16. The van der Waals surface area contributed by atoms with Crippen molar-refractivity contribution in [3.05, 3.63) is 47.8 Å². The number of amides is 1. The molecule has 1 aliphatic heterocycles. The van der Waals surface area contributed by atoms with Crippen LogP contribution in [0.5, 0.6) is 17.2 Å². The van der Waals surface area contributed by atoms with E-state index in [0.29, 0.717) is 17.2 Å². The quantitative estimate of drug-likeness (QED) is 0.889. The molecule has 2 heterocycles. The van der Waals surface area contributed by atoms with Gasteiger partial charge in [-0.3, -0.25) is 14.6 Å². The van der Waals surface area contributed by atoms with Crippen LogP contribution >= 0.6 is 0 Å². The molecule has 2 aromatic rings. The van der Waals surface area contributed by atoms with Crippen LogP contribution in [0.2, 0.25) is 0 Å². The van der Waals surface area contributed by atoms with Crippen molar-refractivity contribution in [3.8, 4) is 17.2 Å². The molecule has 2 aliphatic rings. The van der Waals surface area contributed by atoms with Gasteiger partial charge in [0.05, 0.1) is 0 Å². The molecule has 4 rings (SSSR count). The van der Waals surface area contributed by atoms with Crippen LogP contribution in [0.4, 0.5) is 0 Å². The molecule has 0 bridgehead atoms. The van der Waals surface area contributed by atoms with Crippen LogP contribution in [-0.4, -0.2) is 35.1 Å². The summed E-state index contributed by atoms with van der Waals surface area (Å²) in [7, 11) is 1.53. The molecular formula is C17H14N2O5. The zero-order chi connectivity index (χ0) is 16.8. The first-order valence-corrected chi connectivity index (χ1v) is 7.48. The van der Waals surface area contributed by atoms with E-state index in [2.05, 4.69) is 10.3 Å². The van der Waals surface area contributed by atoms with E-state index in [1.807, 2.05) is 0 Å². The number of benzene rings is 1. The Morgan fingerprint density at radius 2 is 2.04 bits per heavy atom. The number of aliphatic carboxylic acids is 1. The Labute approximate surface area is 137 Å². The van der Waals surface area contributed by atoms with Crippen LogP contribution in [0.1, 0.15) is 22.0 Å². The monoisotopic (exact) mass is 326 g/mol. The van der Waals surface area contributed by atoms with Crippen molar-refractivity contribution in [3.63, 3.8) is 0 Å².